The molecule has 2 N–H and O–H groups in total. The summed E-state index contributed by atoms with van der Waals surface area (Å²) < 4.78 is 0. The summed E-state index contributed by atoms with van der Waals surface area (Å²) in [7, 11) is 0. The van der Waals surface area contributed by atoms with Crippen molar-refractivity contribution in [2.75, 3.05) is 6.54 Å². The number of carbonyl (C=O) groups excluding carboxylic acids is 1. The molecule has 0 bridgehead atoms. The van der Waals surface area contributed by atoms with Gasteiger partial charge in [-0.25, -0.2) is 4.79 Å². The van der Waals surface area contributed by atoms with Gasteiger partial charge < -0.3 is 10.4 Å². The summed E-state index contributed by atoms with van der Waals surface area (Å²) in [5, 5.41) is 11.8. The number of benzene rings is 1. The van der Waals surface area contributed by atoms with Crippen molar-refractivity contribution >= 4 is 11.9 Å². The summed E-state index contributed by atoms with van der Waals surface area (Å²) in [5.74, 6) is -0.713. The smallest absolute Gasteiger partial charge is 0.335 e. The number of rotatable bonds is 3. The SMILES string of the molecule is CC(=O)NCC1CCCc2ccc(C(=O)O)cc21. The van der Waals surface area contributed by atoms with E-state index in [9.17, 15) is 9.59 Å². The van der Waals surface area contributed by atoms with Gasteiger partial charge in [0.2, 0.25) is 5.91 Å². The summed E-state index contributed by atoms with van der Waals surface area (Å²) in [6.07, 6.45) is 3.08. The van der Waals surface area contributed by atoms with Gasteiger partial charge in [0.05, 0.1) is 5.56 Å². The number of carbonyl (C=O) groups is 2. The van der Waals surface area contributed by atoms with E-state index in [0.29, 0.717) is 12.1 Å². The molecule has 1 aliphatic rings. The molecule has 0 aliphatic heterocycles. The molecular formula is C14H17NO3. The Labute approximate surface area is 106 Å². The Bertz CT molecular complexity index is 482. The van der Waals surface area contributed by atoms with E-state index in [-0.39, 0.29) is 11.8 Å². The van der Waals surface area contributed by atoms with Gasteiger partial charge in [-0.05, 0) is 42.5 Å². The molecular weight excluding hydrogens is 230 g/mol. The lowest BCUT2D eigenvalue weighted by atomic mass is 9.82. The molecule has 1 aliphatic carbocycles. The van der Waals surface area contributed by atoms with Gasteiger partial charge in [0.1, 0.15) is 0 Å². The van der Waals surface area contributed by atoms with Gasteiger partial charge >= 0.3 is 5.97 Å². The highest BCUT2D eigenvalue weighted by atomic mass is 16.4. The van der Waals surface area contributed by atoms with Gasteiger partial charge in [-0.15, -0.1) is 0 Å². The van der Waals surface area contributed by atoms with Crippen LogP contribution in [0.2, 0.25) is 0 Å². The maximum absolute atomic E-state index is 11.0. The number of amides is 1. The molecule has 1 atom stereocenters. The molecule has 2 rings (SSSR count). The minimum atomic E-state index is -0.901. The fourth-order valence-electron chi connectivity index (χ4n) is 2.51. The molecule has 0 saturated carbocycles. The molecule has 0 fully saturated rings. The quantitative estimate of drug-likeness (QED) is 0.857. The van der Waals surface area contributed by atoms with E-state index in [4.69, 9.17) is 5.11 Å². The van der Waals surface area contributed by atoms with Crippen LogP contribution in [0.4, 0.5) is 0 Å². The van der Waals surface area contributed by atoms with Crippen LogP contribution in [-0.2, 0) is 11.2 Å². The first kappa shape index (κ1) is 12.6. The highest BCUT2D eigenvalue weighted by Gasteiger charge is 2.21. The fraction of sp³-hybridized carbons (Fsp3) is 0.429. The Hall–Kier alpha value is -1.84. The minimum Gasteiger partial charge on any atom is -0.478 e. The van der Waals surface area contributed by atoms with Gasteiger partial charge in [-0.2, -0.15) is 0 Å². The molecule has 4 heteroatoms. The first-order valence-corrected chi connectivity index (χ1v) is 6.18. The van der Waals surface area contributed by atoms with Crippen LogP contribution in [0.3, 0.4) is 0 Å². The maximum Gasteiger partial charge on any atom is 0.335 e. The average molecular weight is 247 g/mol. The van der Waals surface area contributed by atoms with E-state index in [0.717, 1.165) is 24.8 Å². The third kappa shape index (κ3) is 2.70. The zero-order chi connectivity index (χ0) is 13.1. The molecule has 1 unspecified atom stereocenters. The van der Waals surface area contributed by atoms with E-state index in [1.165, 1.54) is 12.5 Å². The third-order valence-electron chi connectivity index (χ3n) is 3.43. The van der Waals surface area contributed by atoms with Crippen molar-refractivity contribution < 1.29 is 14.7 Å². The van der Waals surface area contributed by atoms with Gasteiger partial charge in [0, 0.05) is 19.4 Å². The molecule has 96 valence electrons. The number of fused-ring (bicyclic) bond motifs is 1. The van der Waals surface area contributed by atoms with Gasteiger partial charge in [0.25, 0.3) is 0 Å². The van der Waals surface area contributed by atoms with Crippen LogP contribution in [0.5, 0.6) is 0 Å². The van der Waals surface area contributed by atoms with E-state index in [1.807, 2.05) is 6.07 Å². The summed E-state index contributed by atoms with van der Waals surface area (Å²) >= 11 is 0. The van der Waals surface area contributed by atoms with E-state index < -0.39 is 5.97 Å². The van der Waals surface area contributed by atoms with Gasteiger partial charge in [-0.3, -0.25) is 4.79 Å². The van der Waals surface area contributed by atoms with Crippen LogP contribution in [0.25, 0.3) is 0 Å². The molecule has 1 aromatic carbocycles. The molecule has 0 aromatic heterocycles. The lowest BCUT2D eigenvalue weighted by molar-refractivity contribution is -0.119. The second kappa shape index (κ2) is 5.21. The largest absolute Gasteiger partial charge is 0.478 e. The lowest BCUT2D eigenvalue weighted by Crippen LogP contribution is -2.28. The molecule has 0 heterocycles. The Balaban J connectivity index is 2.25. The predicted molar refractivity (Wildman–Crippen MR) is 67.8 cm³/mol. The number of aryl methyl sites for hydroxylation is 1. The Kier molecular flexibility index (Phi) is 3.65. The van der Waals surface area contributed by atoms with Crippen molar-refractivity contribution in [3.63, 3.8) is 0 Å². The topological polar surface area (TPSA) is 66.4 Å². The van der Waals surface area contributed by atoms with Crippen LogP contribution in [0.1, 0.15) is 47.2 Å². The maximum atomic E-state index is 11.0. The van der Waals surface area contributed by atoms with Crippen molar-refractivity contribution in [1.82, 2.24) is 5.32 Å². The third-order valence-corrected chi connectivity index (χ3v) is 3.43. The summed E-state index contributed by atoms with van der Waals surface area (Å²) in [4.78, 5) is 22.0. The molecule has 0 saturated heterocycles. The van der Waals surface area contributed by atoms with Crippen LogP contribution in [-0.4, -0.2) is 23.5 Å². The number of carboxylic acids is 1. The van der Waals surface area contributed by atoms with Crippen molar-refractivity contribution in [1.29, 1.82) is 0 Å². The summed E-state index contributed by atoms with van der Waals surface area (Å²) in [5.41, 5.74) is 2.61. The fourth-order valence-corrected chi connectivity index (χ4v) is 2.51. The molecule has 1 amide bonds. The van der Waals surface area contributed by atoms with Crippen LogP contribution in [0.15, 0.2) is 18.2 Å². The normalized spacial score (nSPS) is 17.9. The van der Waals surface area contributed by atoms with Gasteiger partial charge in [-0.1, -0.05) is 6.07 Å². The van der Waals surface area contributed by atoms with Crippen molar-refractivity contribution in [3.8, 4) is 0 Å². The van der Waals surface area contributed by atoms with Crippen molar-refractivity contribution in [2.24, 2.45) is 0 Å². The van der Waals surface area contributed by atoms with E-state index in [2.05, 4.69) is 5.32 Å². The van der Waals surface area contributed by atoms with E-state index in [1.54, 1.807) is 12.1 Å². The molecule has 18 heavy (non-hydrogen) atoms. The van der Waals surface area contributed by atoms with Crippen LogP contribution in [0, 0.1) is 0 Å². The highest BCUT2D eigenvalue weighted by molar-refractivity contribution is 5.88. The van der Waals surface area contributed by atoms with Crippen molar-refractivity contribution in [2.45, 2.75) is 32.1 Å². The lowest BCUT2D eigenvalue weighted by Gasteiger charge is -2.26. The number of aromatic carboxylic acids is 1. The Morgan fingerprint density at radius 3 is 2.89 bits per heavy atom. The Morgan fingerprint density at radius 2 is 2.22 bits per heavy atom. The minimum absolute atomic E-state index is 0.0449. The summed E-state index contributed by atoms with van der Waals surface area (Å²) in [6.45, 7) is 2.09. The van der Waals surface area contributed by atoms with Crippen molar-refractivity contribution in [3.05, 3.63) is 34.9 Å². The number of hydrogen-bond donors (Lipinski definition) is 2. The van der Waals surface area contributed by atoms with Crippen LogP contribution >= 0.6 is 0 Å². The van der Waals surface area contributed by atoms with Crippen LogP contribution < -0.4 is 5.32 Å². The zero-order valence-electron chi connectivity index (χ0n) is 10.4. The number of nitrogens with one attached hydrogen (secondary N) is 1. The second-order valence-electron chi connectivity index (χ2n) is 4.74. The first-order chi connectivity index (χ1) is 8.58. The molecule has 4 nitrogen and oxygen atoms in total. The summed E-state index contributed by atoms with van der Waals surface area (Å²) in [6, 6.07) is 5.31. The highest BCUT2D eigenvalue weighted by Crippen LogP contribution is 2.31. The number of carboxylic acid groups (broad SMARTS) is 1. The molecule has 0 spiro atoms. The zero-order valence-corrected chi connectivity index (χ0v) is 10.4. The van der Waals surface area contributed by atoms with E-state index >= 15 is 0 Å². The predicted octanol–water partition coefficient (Wildman–Crippen LogP) is 1.94. The Morgan fingerprint density at radius 1 is 1.44 bits per heavy atom. The molecule has 0 radical (unpaired) electrons. The molecule has 1 aromatic rings. The number of hydrogen-bond acceptors (Lipinski definition) is 2. The monoisotopic (exact) mass is 247 g/mol. The first-order valence-electron chi connectivity index (χ1n) is 6.18. The average Bonchev–Trinajstić information content (AvgIpc) is 2.35. The standard InChI is InChI=1S/C14H17NO3/c1-9(16)15-8-12-4-2-3-10-5-6-11(14(17)18)7-13(10)12/h5-7,12H,2-4,8H2,1H3,(H,15,16)(H,17,18). The second-order valence-corrected chi connectivity index (χ2v) is 4.74. The van der Waals surface area contributed by atoms with Gasteiger partial charge in [0.15, 0.2) is 0 Å².